The molecule has 0 aromatic heterocycles. The van der Waals surface area contributed by atoms with E-state index in [4.69, 9.17) is 11.6 Å². The van der Waals surface area contributed by atoms with Gasteiger partial charge in [-0.15, -0.1) is 0 Å². The molecule has 2 aliphatic heterocycles. The van der Waals surface area contributed by atoms with Gasteiger partial charge >= 0.3 is 0 Å². The van der Waals surface area contributed by atoms with Gasteiger partial charge in [0.2, 0.25) is 11.8 Å². The van der Waals surface area contributed by atoms with Crippen molar-refractivity contribution >= 4 is 29.3 Å². The summed E-state index contributed by atoms with van der Waals surface area (Å²) in [5, 5.41) is 3.58. The first-order chi connectivity index (χ1) is 15.5. The number of carbonyl (C=O) groups excluding carboxylic acids is 3. The van der Waals surface area contributed by atoms with Crippen LogP contribution in [0.25, 0.3) is 0 Å². The number of hydrogen-bond donors (Lipinski definition) is 1. The van der Waals surface area contributed by atoms with Crippen molar-refractivity contribution < 1.29 is 14.4 Å². The monoisotopic (exact) mass is 459 g/mol. The third-order valence-electron chi connectivity index (χ3n) is 7.27. The van der Waals surface area contributed by atoms with Gasteiger partial charge in [0, 0.05) is 42.7 Å². The number of nitrogens with one attached hydrogen (secondary N) is 1. The Morgan fingerprint density at radius 3 is 2.78 bits per heavy atom. The van der Waals surface area contributed by atoms with E-state index < -0.39 is 6.04 Å². The Balaban J connectivity index is 1.38. The molecule has 4 rings (SSSR count). The molecule has 6 nitrogen and oxygen atoms in total. The highest BCUT2D eigenvalue weighted by Gasteiger charge is 2.47. The van der Waals surface area contributed by atoms with Crippen LogP contribution in [-0.4, -0.2) is 59.2 Å². The number of halogens is 1. The smallest absolute Gasteiger partial charge is 0.254 e. The van der Waals surface area contributed by atoms with Gasteiger partial charge in [0.05, 0.1) is 0 Å². The standard InChI is InChI=1S/C25H34ClN3O3/c26-20-10-6-9-19(16-20)25(32)29-21-11-4-3-8-18(21)17-22(29)24(31)27-13-7-15-28-14-5-1-2-12-23(28)30/h6,9-10,16,18,21-22H,1-5,7-8,11-15,17H2,(H,27,31). The predicted octanol–water partition coefficient (Wildman–Crippen LogP) is 4.02. The number of rotatable bonds is 6. The molecule has 1 aromatic rings. The molecule has 1 aliphatic carbocycles. The zero-order chi connectivity index (χ0) is 22.5. The molecule has 0 radical (unpaired) electrons. The number of hydrogen-bond acceptors (Lipinski definition) is 3. The fraction of sp³-hybridized carbons (Fsp3) is 0.640. The van der Waals surface area contributed by atoms with E-state index >= 15 is 0 Å². The highest BCUT2D eigenvalue weighted by atomic mass is 35.5. The van der Waals surface area contributed by atoms with Crippen LogP contribution in [0.2, 0.25) is 5.02 Å². The van der Waals surface area contributed by atoms with Gasteiger partial charge in [0.15, 0.2) is 0 Å². The lowest BCUT2D eigenvalue weighted by molar-refractivity contribution is -0.130. The molecule has 2 heterocycles. The van der Waals surface area contributed by atoms with Crippen LogP contribution in [0.15, 0.2) is 24.3 Å². The second-order valence-electron chi connectivity index (χ2n) is 9.42. The molecule has 2 saturated heterocycles. The van der Waals surface area contributed by atoms with Crippen molar-refractivity contribution in [2.24, 2.45) is 5.92 Å². The highest BCUT2D eigenvalue weighted by Crippen LogP contribution is 2.40. The number of amides is 3. The summed E-state index contributed by atoms with van der Waals surface area (Å²) in [6.07, 6.45) is 9.54. The van der Waals surface area contributed by atoms with Gasteiger partial charge in [-0.3, -0.25) is 14.4 Å². The first-order valence-electron chi connectivity index (χ1n) is 12.2. The summed E-state index contributed by atoms with van der Waals surface area (Å²) < 4.78 is 0. The first kappa shape index (κ1) is 23.1. The Kier molecular flexibility index (Phi) is 7.71. The minimum absolute atomic E-state index is 0.0722. The molecule has 0 spiro atoms. The molecule has 32 heavy (non-hydrogen) atoms. The van der Waals surface area contributed by atoms with Crippen molar-refractivity contribution in [2.75, 3.05) is 19.6 Å². The molecule has 0 bridgehead atoms. The summed E-state index contributed by atoms with van der Waals surface area (Å²) in [5.74, 6) is 0.443. The van der Waals surface area contributed by atoms with Crippen LogP contribution in [0.1, 0.15) is 74.6 Å². The van der Waals surface area contributed by atoms with Crippen molar-refractivity contribution in [1.29, 1.82) is 0 Å². The molecule has 1 N–H and O–H groups in total. The number of fused-ring (bicyclic) bond motifs is 1. The van der Waals surface area contributed by atoms with E-state index in [0.29, 0.717) is 36.0 Å². The third kappa shape index (κ3) is 5.28. The average Bonchev–Trinajstić information content (AvgIpc) is 3.07. The molecule has 3 atom stereocenters. The highest BCUT2D eigenvalue weighted by molar-refractivity contribution is 6.31. The SMILES string of the molecule is O=C(NCCCN1CCCCCC1=O)C1CC2CCCCC2N1C(=O)c1cccc(Cl)c1. The number of carbonyl (C=O) groups is 3. The second-order valence-corrected chi connectivity index (χ2v) is 9.86. The summed E-state index contributed by atoms with van der Waals surface area (Å²) in [4.78, 5) is 42.5. The molecule has 1 saturated carbocycles. The van der Waals surface area contributed by atoms with Crippen LogP contribution >= 0.6 is 11.6 Å². The molecule has 3 unspecified atom stereocenters. The molecule has 7 heteroatoms. The Labute approximate surface area is 195 Å². The first-order valence-corrected chi connectivity index (χ1v) is 12.6. The van der Waals surface area contributed by atoms with E-state index in [2.05, 4.69) is 5.32 Å². The Hall–Kier alpha value is -2.08. The van der Waals surface area contributed by atoms with E-state index in [1.807, 2.05) is 9.80 Å². The lowest BCUT2D eigenvalue weighted by atomic mass is 9.84. The van der Waals surface area contributed by atoms with Crippen molar-refractivity contribution in [3.63, 3.8) is 0 Å². The zero-order valence-corrected chi connectivity index (χ0v) is 19.5. The fourth-order valence-corrected chi connectivity index (χ4v) is 5.82. The average molecular weight is 460 g/mol. The topological polar surface area (TPSA) is 69.7 Å². The van der Waals surface area contributed by atoms with Crippen LogP contribution in [0.5, 0.6) is 0 Å². The van der Waals surface area contributed by atoms with E-state index in [1.165, 1.54) is 6.42 Å². The summed E-state index contributed by atoms with van der Waals surface area (Å²) in [7, 11) is 0. The lowest BCUT2D eigenvalue weighted by Gasteiger charge is -2.33. The van der Waals surface area contributed by atoms with E-state index in [9.17, 15) is 14.4 Å². The van der Waals surface area contributed by atoms with Crippen molar-refractivity contribution in [3.8, 4) is 0 Å². The van der Waals surface area contributed by atoms with E-state index in [-0.39, 0.29) is 23.8 Å². The Morgan fingerprint density at radius 1 is 1.09 bits per heavy atom. The summed E-state index contributed by atoms with van der Waals surface area (Å²) >= 11 is 6.12. The van der Waals surface area contributed by atoms with Gasteiger partial charge in [0.1, 0.15) is 6.04 Å². The summed E-state index contributed by atoms with van der Waals surface area (Å²) in [5.41, 5.74) is 0.543. The van der Waals surface area contributed by atoms with Crippen molar-refractivity contribution in [3.05, 3.63) is 34.9 Å². The van der Waals surface area contributed by atoms with Crippen LogP contribution < -0.4 is 5.32 Å². The quantitative estimate of drug-likeness (QED) is 0.653. The van der Waals surface area contributed by atoms with Gasteiger partial charge in [-0.1, -0.05) is 36.9 Å². The van der Waals surface area contributed by atoms with Crippen molar-refractivity contribution in [2.45, 2.75) is 76.3 Å². The summed E-state index contributed by atoms with van der Waals surface area (Å²) in [6, 6.07) is 6.69. The van der Waals surface area contributed by atoms with Gasteiger partial charge < -0.3 is 15.1 Å². The van der Waals surface area contributed by atoms with E-state index in [1.54, 1.807) is 24.3 Å². The molecule has 174 valence electrons. The Bertz CT molecular complexity index is 845. The van der Waals surface area contributed by atoms with Crippen LogP contribution in [-0.2, 0) is 9.59 Å². The van der Waals surface area contributed by atoms with E-state index in [0.717, 1.165) is 57.9 Å². The second kappa shape index (κ2) is 10.7. The molecule has 3 aliphatic rings. The molecular weight excluding hydrogens is 426 g/mol. The maximum atomic E-state index is 13.4. The predicted molar refractivity (Wildman–Crippen MR) is 124 cm³/mol. The molecule has 3 amide bonds. The van der Waals surface area contributed by atoms with Crippen LogP contribution in [0, 0.1) is 5.92 Å². The fourth-order valence-electron chi connectivity index (χ4n) is 5.63. The van der Waals surface area contributed by atoms with Gasteiger partial charge in [-0.05, 0) is 62.6 Å². The van der Waals surface area contributed by atoms with Crippen LogP contribution in [0.4, 0.5) is 0 Å². The minimum Gasteiger partial charge on any atom is -0.354 e. The van der Waals surface area contributed by atoms with Crippen LogP contribution in [0.3, 0.4) is 0 Å². The van der Waals surface area contributed by atoms with Gasteiger partial charge in [-0.2, -0.15) is 0 Å². The maximum absolute atomic E-state index is 13.4. The number of benzene rings is 1. The molecular formula is C25H34ClN3O3. The van der Waals surface area contributed by atoms with Gasteiger partial charge in [-0.25, -0.2) is 0 Å². The number of likely N-dealkylation sites (tertiary alicyclic amines) is 2. The maximum Gasteiger partial charge on any atom is 0.254 e. The zero-order valence-electron chi connectivity index (χ0n) is 18.7. The number of nitrogens with zero attached hydrogens (tertiary/aromatic N) is 2. The summed E-state index contributed by atoms with van der Waals surface area (Å²) in [6.45, 7) is 2.02. The Morgan fingerprint density at radius 2 is 1.94 bits per heavy atom. The van der Waals surface area contributed by atoms with Gasteiger partial charge in [0.25, 0.3) is 5.91 Å². The molecule has 1 aromatic carbocycles. The van der Waals surface area contributed by atoms with Crippen molar-refractivity contribution in [1.82, 2.24) is 15.1 Å². The molecule has 3 fully saturated rings. The largest absolute Gasteiger partial charge is 0.354 e. The minimum atomic E-state index is -0.436. The third-order valence-corrected chi connectivity index (χ3v) is 7.51. The normalized spacial score (nSPS) is 25.9. The lowest BCUT2D eigenvalue weighted by Crippen LogP contribution is -2.50.